The van der Waals surface area contributed by atoms with Crippen molar-refractivity contribution in [3.8, 4) is 0 Å². The maximum atomic E-state index is 13.3. The Balaban J connectivity index is 2.36. The summed E-state index contributed by atoms with van der Waals surface area (Å²) in [6.45, 7) is 0. The summed E-state index contributed by atoms with van der Waals surface area (Å²) in [5.74, 6) is -1.98. The van der Waals surface area contributed by atoms with Crippen LogP contribution in [-0.2, 0) is 0 Å². The summed E-state index contributed by atoms with van der Waals surface area (Å²) < 4.78 is 13.3. The van der Waals surface area contributed by atoms with Crippen LogP contribution in [0.25, 0.3) is 0 Å². The number of hydrogen-bond donors (Lipinski definition) is 2. The third-order valence-electron chi connectivity index (χ3n) is 2.65. The molecule has 0 aliphatic heterocycles. The molecule has 0 unspecified atom stereocenters. The number of carbonyl (C=O) groups is 1. The second-order valence-corrected chi connectivity index (χ2v) is 4.46. The average molecular weight is 311 g/mol. The third-order valence-corrected chi connectivity index (χ3v) is 2.94. The van der Waals surface area contributed by atoms with Gasteiger partial charge in [0, 0.05) is 5.69 Å². The zero-order valence-electron chi connectivity index (χ0n) is 10.3. The van der Waals surface area contributed by atoms with Crippen molar-refractivity contribution in [2.24, 2.45) is 0 Å². The van der Waals surface area contributed by atoms with Gasteiger partial charge in [0.2, 0.25) is 0 Å². The molecule has 2 N–H and O–H groups in total. The minimum absolute atomic E-state index is 0.00877. The largest absolute Gasteiger partial charge is 0.478 e. The number of carboxylic acid groups (broad SMARTS) is 1. The summed E-state index contributed by atoms with van der Waals surface area (Å²) in [7, 11) is 0. The van der Waals surface area contributed by atoms with Gasteiger partial charge in [-0.2, -0.15) is 0 Å². The molecule has 0 heterocycles. The maximum Gasteiger partial charge on any atom is 0.335 e. The van der Waals surface area contributed by atoms with Crippen LogP contribution in [-0.4, -0.2) is 16.0 Å². The number of rotatable bonds is 4. The summed E-state index contributed by atoms with van der Waals surface area (Å²) in [5.41, 5.74) is 0.0200. The number of anilines is 2. The van der Waals surface area contributed by atoms with E-state index in [1.165, 1.54) is 24.3 Å². The first kappa shape index (κ1) is 14.7. The van der Waals surface area contributed by atoms with Crippen LogP contribution in [0.1, 0.15) is 10.4 Å². The van der Waals surface area contributed by atoms with Crippen molar-refractivity contribution in [2.45, 2.75) is 0 Å². The van der Waals surface area contributed by atoms with Crippen molar-refractivity contribution in [3.63, 3.8) is 0 Å². The minimum Gasteiger partial charge on any atom is -0.478 e. The highest BCUT2D eigenvalue weighted by Crippen LogP contribution is 2.32. The van der Waals surface area contributed by atoms with Crippen LogP contribution in [0.3, 0.4) is 0 Å². The van der Waals surface area contributed by atoms with Crippen molar-refractivity contribution >= 4 is 34.6 Å². The molecule has 0 fully saturated rings. The summed E-state index contributed by atoms with van der Waals surface area (Å²) in [5, 5.41) is 22.1. The third kappa shape index (κ3) is 3.26. The van der Waals surface area contributed by atoms with Gasteiger partial charge < -0.3 is 10.4 Å². The predicted molar refractivity (Wildman–Crippen MR) is 74.7 cm³/mol. The predicted octanol–water partition coefficient (Wildman–Crippen LogP) is 3.83. The van der Waals surface area contributed by atoms with Gasteiger partial charge in [-0.05, 0) is 30.3 Å². The van der Waals surface area contributed by atoms with Gasteiger partial charge in [0.15, 0.2) is 0 Å². The molecule has 21 heavy (non-hydrogen) atoms. The number of aromatic carboxylic acids is 1. The van der Waals surface area contributed by atoms with Gasteiger partial charge in [0.05, 0.1) is 21.6 Å². The number of halogens is 2. The van der Waals surface area contributed by atoms with Gasteiger partial charge in [0.25, 0.3) is 5.69 Å². The Kier molecular flexibility index (Phi) is 4.04. The van der Waals surface area contributed by atoms with E-state index in [-0.39, 0.29) is 16.3 Å². The molecule has 8 heteroatoms. The van der Waals surface area contributed by atoms with E-state index in [1.54, 1.807) is 0 Å². The number of nitro benzene ring substituents is 1. The van der Waals surface area contributed by atoms with Crippen molar-refractivity contribution < 1.29 is 19.2 Å². The molecule has 0 saturated carbocycles. The Morgan fingerprint density at radius 1 is 1.29 bits per heavy atom. The molecule has 2 rings (SSSR count). The van der Waals surface area contributed by atoms with Gasteiger partial charge in [-0.1, -0.05) is 11.6 Å². The first-order chi connectivity index (χ1) is 9.88. The molecule has 0 aromatic heterocycles. The van der Waals surface area contributed by atoms with Gasteiger partial charge in [-0.25, -0.2) is 9.18 Å². The Labute approximate surface area is 122 Å². The molecule has 6 nitrogen and oxygen atoms in total. The highest BCUT2D eigenvalue weighted by Gasteiger charge is 2.18. The molecule has 0 amide bonds. The smallest absolute Gasteiger partial charge is 0.335 e. The standard InChI is InChI=1S/C13H8ClFN2O4/c14-9-5-11(12(17(20)21)6-10(9)15)16-8-3-1-7(2-4-8)13(18)19/h1-6,16H,(H,18,19). The number of benzene rings is 2. The normalized spacial score (nSPS) is 10.2. The monoisotopic (exact) mass is 310 g/mol. The fourth-order valence-corrected chi connectivity index (χ4v) is 1.80. The van der Waals surface area contributed by atoms with E-state index in [9.17, 15) is 19.3 Å². The lowest BCUT2D eigenvalue weighted by atomic mass is 10.2. The van der Waals surface area contributed by atoms with Gasteiger partial charge in [0.1, 0.15) is 11.5 Å². The topological polar surface area (TPSA) is 92.5 Å². The molecule has 0 atom stereocenters. The highest BCUT2D eigenvalue weighted by molar-refractivity contribution is 6.31. The summed E-state index contributed by atoms with van der Waals surface area (Å²) in [4.78, 5) is 20.9. The van der Waals surface area contributed by atoms with Gasteiger partial charge in [-0.15, -0.1) is 0 Å². The van der Waals surface area contributed by atoms with Crippen LogP contribution in [0.4, 0.5) is 21.5 Å². The maximum absolute atomic E-state index is 13.3. The molecular weight excluding hydrogens is 303 g/mol. The fraction of sp³-hybridized carbons (Fsp3) is 0. The number of nitrogens with one attached hydrogen (secondary N) is 1. The van der Waals surface area contributed by atoms with Crippen molar-refractivity contribution in [1.82, 2.24) is 0 Å². The Hall–Kier alpha value is -2.67. The molecule has 0 aliphatic carbocycles. The molecule has 2 aromatic carbocycles. The molecule has 2 aromatic rings. The Bertz CT molecular complexity index is 719. The van der Waals surface area contributed by atoms with Crippen LogP contribution in [0.15, 0.2) is 36.4 Å². The zero-order valence-corrected chi connectivity index (χ0v) is 11.1. The molecule has 108 valence electrons. The summed E-state index contributed by atoms with van der Waals surface area (Å²) in [6.07, 6.45) is 0. The quantitative estimate of drug-likeness (QED) is 0.661. The van der Waals surface area contributed by atoms with E-state index in [4.69, 9.17) is 16.7 Å². The molecule has 0 radical (unpaired) electrons. The van der Waals surface area contributed by atoms with Crippen molar-refractivity contribution in [2.75, 3.05) is 5.32 Å². The lowest BCUT2D eigenvalue weighted by Crippen LogP contribution is -2.00. The fourth-order valence-electron chi connectivity index (χ4n) is 1.64. The molecule has 0 saturated heterocycles. The lowest BCUT2D eigenvalue weighted by Gasteiger charge is -2.08. The summed E-state index contributed by atoms with van der Waals surface area (Å²) >= 11 is 5.61. The van der Waals surface area contributed by atoms with Crippen LogP contribution in [0.2, 0.25) is 5.02 Å². The van der Waals surface area contributed by atoms with Gasteiger partial charge in [-0.3, -0.25) is 10.1 Å². The van der Waals surface area contributed by atoms with Gasteiger partial charge >= 0.3 is 5.97 Å². The first-order valence-corrected chi connectivity index (χ1v) is 6.00. The minimum atomic E-state index is -1.09. The Morgan fingerprint density at radius 3 is 2.43 bits per heavy atom. The highest BCUT2D eigenvalue weighted by atomic mass is 35.5. The SMILES string of the molecule is O=C(O)c1ccc(Nc2cc(Cl)c(F)cc2[N+](=O)[O-])cc1. The van der Waals surface area contributed by atoms with E-state index in [1.807, 2.05) is 0 Å². The second-order valence-electron chi connectivity index (χ2n) is 4.05. The van der Waals surface area contributed by atoms with Crippen LogP contribution in [0.5, 0.6) is 0 Å². The van der Waals surface area contributed by atoms with E-state index in [0.717, 1.165) is 12.1 Å². The van der Waals surface area contributed by atoms with E-state index < -0.39 is 22.4 Å². The number of hydrogen-bond acceptors (Lipinski definition) is 4. The summed E-state index contributed by atoms with van der Waals surface area (Å²) in [6, 6.07) is 7.36. The van der Waals surface area contributed by atoms with Crippen molar-refractivity contribution in [1.29, 1.82) is 0 Å². The number of carboxylic acids is 1. The van der Waals surface area contributed by atoms with E-state index >= 15 is 0 Å². The number of nitro groups is 1. The van der Waals surface area contributed by atoms with Crippen LogP contribution >= 0.6 is 11.6 Å². The number of nitrogens with zero attached hydrogens (tertiary/aromatic N) is 1. The van der Waals surface area contributed by atoms with Crippen LogP contribution < -0.4 is 5.32 Å². The second kappa shape index (κ2) is 5.76. The molecule has 0 bridgehead atoms. The van der Waals surface area contributed by atoms with E-state index in [0.29, 0.717) is 5.69 Å². The molecule has 0 spiro atoms. The van der Waals surface area contributed by atoms with Crippen molar-refractivity contribution in [3.05, 3.63) is 62.9 Å². The molecule has 0 aliphatic rings. The Morgan fingerprint density at radius 2 is 1.90 bits per heavy atom. The average Bonchev–Trinajstić information content (AvgIpc) is 2.43. The lowest BCUT2D eigenvalue weighted by molar-refractivity contribution is -0.384. The molecular formula is C13H8ClFN2O4. The van der Waals surface area contributed by atoms with E-state index in [2.05, 4.69) is 5.32 Å². The van der Waals surface area contributed by atoms with Crippen LogP contribution in [0, 0.1) is 15.9 Å². The first-order valence-electron chi connectivity index (χ1n) is 5.62. The zero-order chi connectivity index (χ0) is 15.6.